The lowest BCUT2D eigenvalue weighted by molar-refractivity contribution is -0.135. The van der Waals surface area contributed by atoms with Crippen LogP contribution in [0.5, 0.6) is 0 Å². The highest BCUT2D eigenvalue weighted by atomic mass is 19.1. The summed E-state index contributed by atoms with van der Waals surface area (Å²) in [6.45, 7) is 1.09. The van der Waals surface area contributed by atoms with E-state index < -0.39 is 0 Å². The summed E-state index contributed by atoms with van der Waals surface area (Å²) in [6.07, 6.45) is 3.74. The molecule has 0 unspecified atom stereocenters. The van der Waals surface area contributed by atoms with Crippen molar-refractivity contribution in [3.63, 3.8) is 0 Å². The van der Waals surface area contributed by atoms with Gasteiger partial charge in [-0.15, -0.1) is 0 Å². The van der Waals surface area contributed by atoms with E-state index in [2.05, 4.69) is 9.55 Å². The molecule has 0 N–H and O–H groups in total. The third-order valence-electron chi connectivity index (χ3n) is 4.66. The fourth-order valence-corrected chi connectivity index (χ4v) is 3.33. The van der Waals surface area contributed by atoms with Gasteiger partial charge in [0.05, 0.1) is 19.0 Å². The normalized spacial score (nSPS) is 16.5. The zero-order chi connectivity index (χ0) is 17.2. The minimum Gasteiger partial charge on any atom is -0.331 e. The van der Waals surface area contributed by atoms with Gasteiger partial charge >= 0.3 is 0 Å². The topological polar surface area (TPSA) is 38.1 Å². The molecule has 1 aliphatic heterocycles. The van der Waals surface area contributed by atoms with Gasteiger partial charge in [0.25, 0.3) is 0 Å². The second kappa shape index (κ2) is 6.51. The van der Waals surface area contributed by atoms with E-state index in [-0.39, 0.29) is 24.2 Å². The Bertz CT molecular complexity index is 891. The number of carbonyl (C=O) groups excluding carboxylic acids is 1. The number of imidazole rings is 1. The molecule has 0 fully saturated rings. The van der Waals surface area contributed by atoms with E-state index >= 15 is 0 Å². The van der Waals surface area contributed by atoms with E-state index in [1.165, 1.54) is 6.07 Å². The summed E-state index contributed by atoms with van der Waals surface area (Å²) in [5.74, 6) is 0.424. The van der Waals surface area contributed by atoms with Crippen molar-refractivity contribution in [2.24, 2.45) is 0 Å². The largest absolute Gasteiger partial charge is 0.331 e. The predicted octanol–water partition coefficient (Wildman–Crippen LogP) is 3.35. The standard InChI is InChI=1S/C20H18FN3O/c21-17-9-5-4-8-16(17)12-20(25)24-14-19-22-10-11-23(19)13-18(24)15-6-2-1-3-7-15/h1-11,18H,12-14H2/t18-/m1/s1. The number of rotatable bonds is 3. The molecule has 1 amide bonds. The van der Waals surface area contributed by atoms with Crippen LogP contribution >= 0.6 is 0 Å². The molecule has 0 saturated carbocycles. The van der Waals surface area contributed by atoms with Gasteiger partial charge in [0.2, 0.25) is 5.91 Å². The Balaban J connectivity index is 1.65. The highest BCUT2D eigenvalue weighted by Gasteiger charge is 2.31. The number of benzene rings is 2. The molecule has 2 aromatic carbocycles. The number of carbonyl (C=O) groups is 1. The van der Waals surface area contributed by atoms with Gasteiger partial charge in [0.1, 0.15) is 11.6 Å². The van der Waals surface area contributed by atoms with Crippen LogP contribution in [0.25, 0.3) is 0 Å². The van der Waals surface area contributed by atoms with E-state index in [4.69, 9.17) is 0 Å². The number of halogens is 1. The van der Waals surface area contributed by atoms with Gasteiger partial charge < -0.3 is 9.47 Å². The van der Waals surface area contributed by atoms with Crippen LogP contribution in [0.15, 0.2) is 67.0 Å². The molecule has 4 nitrogen and oxygen atoms in total. The summed E-state index contributed by atoms with van der Waals surface area (Å²) in [4.78, 5) is 19.1. The second-order valence-corrected chi connectivity index (χ2v) is 6.21. The molecule has 0 radical (unpaired) electrons. The lowest BCUT2D eigenvalue weighted by Gasteiger charge is -2.36. The number of aromatic nitrogens is 2. The molecule has 0 spiro atoms. The highest BCUT2D eigenvalue weighted by molar-refractivity contribution is 5.79. The van der Waals surface area contributed by atoms with E-state index in [1.807, 2.05) is 41.4 Å². The molecule has 25 heavy (non-hydrogen) atoms. The zero-order valence-electron chi connectivity index (χ0n) is 13.7. The summed E-state index contributed by atoms with van der Waals surface area (Å²) in [6, 6.07) is 16.3. The summed E-state index contributed by atoms with van der Waals surface area (Å²) in [7, 11) is 0. The van der Waals surface area contributed by atoms with Crippen molar-refractivity contribution in [3.05, 3.63) is 89.8 Å². The maximum absolute atomic E-state index is 13.9. The highest BCUT2D eigenvalue weighted by Crippen LogP contribution is 2.29. The third-order valence-corrected chi connectivity index (χ3v) is 4.66. The lowest BCUT2D eigenvalue weighted by Crippen LogP contribution is -2.41. The second-order valence-electron chi connectivity index (χ2n) is 6.21. The Morgan fingerprint density at radius 3 is 2.68 bits per heavy atom. The van der Waals surface area contributed by atoms with Crippen LogP contribution in [-0.4, -0.2) is 20.4 Å². The number of hydrogen-bond acceptors (Lipinski definition) is 2. The molecule has 1 aromatic heterocycles. The van der Waals surface area contributed by atoms with Crippen molar-refractivity contribution >= 4 is 5.91 Å². The van der Waals surface area contributed by atoms with Crippen LogP contribution in [0.3, 0.4) is 0 Å². The van der Waals surface area contributed by atoms with Gasteiger partial charge in [-0.2, -0.15) is 0 Å². The van der Waals surface area contributed by atoms with Gasteiger partial charge in [-0.25, -0.2) is 9.37 Å². The van der Waals surface area contributed by atoms with Crippen LogP contribution in [0.1, 0.15) is 23.0 Å². The van der Waals surface area contributed by atoms with Crippen molar-refractivity contribution in [2.75, 3.05) is 0 Å². The van der Waals surface area contributed by atoms with Gasteiger partial charge in [0.15, 0.2) is 0 Å². The van der Waals surface area contributed by atoms with Crippen molar-refractivity contribution in [1.29, 1.82) is 0 Å². The monoisotopic (exact) mass is 335 g/mol. The maximum Gasteiger partial charge on any atom is 0.228 e. The van der Waals surface area contributed by atoms with Crippen LogP contribution in [0.4, 0.5) is 4.39 Å². The smallest absolute Gasteiger partial charge is 0.228 e. The average Bonchev–Trinajstić information content (AvgIpc) is 3.11. The summed E-state index contributed by atoms with van der Waals surface area (Å²) < 4.78 is 16.0. The zero-order valence-corrected chi connectivity index (χ0v) is 13.7. The number of amides is 1. The minimum absolute atomic E-state index is 0.0523. The van der Waals surface area contributed by atoms with Crippen LogP contribution in [0.2, 0.25) is 0 Å². The molecule has 4 rings (SSSR count). The first kappa shape index (κ1) is 15.6. The van der Waals surface area contributed by atoms with Crippen molar-refractivity contribution in [1.82, 2.24) is 14.5 Å². The van der Waals surface area contributed by atoms with Crippen molar-refractivity contribution in [2.45, 2.75) is 25.6 Å². The van der Waals surface area contributed by atoms with Gasteiger partial charge in [-0.1, -0.05) is 48.5 Å². The fourth-order valence-electron chi connectivity index (χ4n) is 3.33. The number of hydrogen-bond donors (Lipinski definition) is 0. The number of nitrogens with zero attached hydrogens (tertiary/aromatic N) is 3. The van der Waals surface area contributed by atoms with E-state index in [0.29, 0.717) is 18.7 Å². The van der Waals surface area contributed by atoms with E-state index in [0.717, 1.165) is 11.4 Å². The molecule has 5 heteroatoms. The third kappa shape index (κ3) is 3.05. The first-order valence-corrected chi connectivity index (χ1v) is 8.30. The summed E-state index contributed by atoms with van der Waals surface area (Å²) >= 11 is 0. The summed E-state index contributed by atoms with van der Waals surface area (Å²) in [5.41, 5.74) is 1.50. The van der Waals surface area contributed by atoms with Gasteiger partial charge in [-0.3, -0.25) is 4.79 Å². The molecule has 1 atom stereocenters. The lowest BCUT2D eigenvalue weighted by atomic mass is 10.0. The van der Waals surface area contributed by atoms with E-state index in [9.17, 15) is 9.18 Å². The van der Waals surface area contributed by atoms with Crippen LogP contribution in [-0.2, 0) is 24.3 Å². The Labute approximate surface area is 145 Å². The Hall–Kier alpha value is -2.95. The fraction of sp³-hybridized carbons (Fsp3) is 0.200. The van der Waals surface area contributed by atoms with Crippen molar-refractivity contribution < 1.29 is 9.18 Å². The Morgan fingerprint density at radius 1 is 1.12 bits per heavy atom. The molecule has 0 bridgehead atoms. The van der Waals surface area contributed by atoms with Gasteiger partial charge in [-0.05, 0) is 17.2 Å². The Kier molecular flexibility index (Phi) is 4.06. The minimum atomic E-state index is -0.342. The quantitative estimate of drug-likeness (QED) is 0.736. The maximum atomic E-state index is 13.9. The molecule has 2 heterocycles. The van der Waals surface area contributed by atoms with Crippen molar-refractivity contribution in [3.8, 4) is 0 Å². The molecule has 1 aliphatic rings. The molecule has 126 valence electrons. The van der Waals surface area contributed by atoms with E-state index in [1.54, 1.807) is 24.4 Å². The predicted molar refractivity (Wildman–Crippen MR) is 92.1 cm³/mol. The number of fused-ring (bicyclic) bond motifs is 1. The summed E-state index contributed by atoms with van der Waals surface area (Å²) in [5, 5.41) is 0. The molecule has 3 aromatic rings. The Morgan fingerprint density at radius 2 is 1.88 bits per heavy atom. The molecule has 0 aliphatic carbocycles. The molecular weight excluding hydrogens is 317 g/mol. The first-order chi connectivity index (χ1) is 12.2. The van der Waals surface area contributed by atoms with Crippen LogP contribution in [0, 0.1) is 5.82 Å². The van der Waals surface area contributed by atoms with Gasteiger partial charge in [0, 0.05) is 18.9 Å². The first-order valence-electron chi connectivity index (χ1n) is 8.30. The average molecular weight is 335 g/mol. The molecular formula is C20H18FN3O. The SMILES string of the molecule is O=C(Cc1ccccc1F)N1Cc2nccn2C[C@@H]1c1ccccc1. The van der Waals surface area contributed by atoms with Crippen LogP contribution < -0.4 is 0 Å². The molecule has 0 saturated heterocycles.